The summed E-state index contributed by atoms with van der Waals surface area (Å²) in [5.41, 5.74) is 6.42. The van der Waals surface area contributed by atoms with Crippen molar-refractivity contribution in [2.24, 2.45) is 5.14 Å². The predicted octanol–water partition coefficient (Wildman–Crippen LogP) is -0.611. The number of hydrogen-bond acceptors (Lipinski definition) is 10. The molecule has 13 heteroatoms. The summed E-state index contributed by atoms with van der Waals surface area (Å²) in [6.07, 6.45) is -0.928. The third-order valence-corrected chi connectivity index (χ3v) is 4.95. The lowest BCUT2D eigenvalue weighted by Crippen LogP contribution is -2.30. The van der Waals surface area contributed by atoms with Crippen LogP contribution in [0.2, 0.25) is 0 Å². The predicted molar refractivity (Wildman–Crippen MR) is 89.7 cm³/mol. The van der Waals surface area contributed by atoms with Crippen LogP contribution in [0.4, 0.5) is 5.82 Å². The minimum atomic E-state index is -4.11. The first-order chi connectivity index (χ1) is 11.8. The van der Waals surface area contributed by atoms with Gasteiger partial charge in [0.1, 0.15) is 23.3 Å². The van der Waals surface area contributed by atoms with Gasteiger partial charge >= 0.3 is 10.3 Å². The number of fused-ring (bicyclic) bond motifs is 1. The lowest BCUT2D eigenvalue weighted by Gasteiger charge is -2.14. The average Bonchev–Trinajstić information content (AvgIpc) is 3.07. The second-order valence-corrected chi connectivity index (χ2v) is 7.82. The zero-order valence-corrected chi connectivity index (χ0v) is 14.9. The van der Waals surface area contributed by atoms with E-state index in [1.54, 1.807) is 0 Å². The van der Waals surface area contributed by atoms with Crippen molar-refractivity contribution in [3.8, 4) is 0 Å². The molecule has 3 heterocycles. The number of aromatic nitrogens is 4. The van der Waals surface area contributed by atoms with Crippen LogP contribution in [0.3, 0.4) is 0 Å². The van der Waals surface area contributed by atoms with Crippen molar-refractivity contribution >= 4 is 38.9 Å². The van der Waals surface area contributed by atoms with Crippen LogP contribution >= 0.6 is 11.8 Å². The number of nitrogen functional groups attached to an aromatic ring is 1. The molecule has 0 aromatic carbocycles. The summed E-state index contributed by atoms with van der Waals surface area (Å²) in [4.78, 5) is 8.20. The van der Waals surface area contributed by atoms with Crippen molar-refractivity contribution in [1.82, 2.24) is 19.7 Å². The Bertz CT molecular complexity index is 872. The fourth-order valence-corrected chi connectivity index (χ4v) is 3.66. The maximum atomic E-state index is 10.9. The Morgan fingerprint density at radius 2 is 2.28 bits per heavy atom. The molecule has 0 bridgehead atoms. The lowest BCUT2D eigenvalue weighted by atomic mass is 10.2. The second kappa shape index (κ2) is 7.01. The molecule has 1 aliphatic heterocycles. The Balaban J connectivity index is 1.88. The summed E-state index contributed by atoms with van der Waals surface area (Å²) in [7, 11) is -4.11. The van der Waals surface area contributed by atoms with Gasteiger partial charge in [-0.1, -0.05) is 6.92 Å². The van der Waals surface area contributed by atoms with Crippen LogP contribution < -0.4 is 10.9 Å². The van der Waals surface area contributed by atoms with Gasteiger partial charge in [0.25, 0.3) is 0 Å². The summed E-state index contributed by atoms with van der Waals surface area (Å²) in [5.74, 6) is 1.08. The molecule has 5 N–H and O–H groups in total. The van der Waals surface area contributed by atoms with Crippen LogP contribution in [0.5, 0.6) is 0 Å². The van der Waals surface area contributed by atoms with Gasteiger partial charge in [0.2, 0.25) is 0 Å². The molecule has 3 atom stereocenters. The van der Waals surface area contributed by atoms with Crippen LogP contribution in [-0.4, -0.2) is 57.8 Å². The van der Waals surface area contributed by atoms with Crippen molar-refractivity contribution in [3.63, 3.8) is 0 Å². The average molecular weight is 390 g/mol. The number of nitrogens with two attached hydrogens (primary N) is 2. The molecule has 2 aromatic rings. The monoisotopic (exact) mass is 390 g/mol. The van der Waals surface area contributed by atoms with E-state index in [4.69, 9.17) is 15.6 Å². The van der Waals surface area contributed by atoms with E-state index in [1.807, 2.05) is 6.92 Å². The molecule has 1 aliphatic rings. The summed E-state index contributed by atoms with van der Waals surface area (Å²) in [6, 6.07) is 0. The SMILES string of the molecule is CCSc1nn([C@H]2C[C@H](O)[C@H](COS(N)(=O)=O)O2)c2ncnc(N)c12. The summed E-state index contributed by atoms with van der Waals surface area (Å²) >= 11 is 1.48. The van der Waals surface area contributed by atoms with Crippen LogP contribution in [-0.2, 0) is 19.2 Å². The van der Waals surface area contributed by atoms with Crippen LogP contribution in [0, 0.1) is 0 Å². The summed E-state index contributed by atoms with van der Waals surface area (Å²) in [6.45, 7) is 1.59. The Labute approximate surface area is 148 Å². The van der Waals surface area contributed by atoms with Crippen molar-refractivity contribution < 1.29 is 22.4 Å². The highest BCUT2D eigenvalue weighted by Gasteiger charge is 2.37. The topological polar surface area (TPSA) is 168 Å². The molecule has 1 fully saturated rings. The fourth-order valence-electron chi connectivity index (χ4n) is 2.58. The minimum absolute atomic E-state index is 0.190. The fraction of sp³-hybridized carbons (Fsp3) is 0.583. The number of hydrogen-bond donors (Lipinski definition) is 3. The maximum absolute atomic E-state index is 10.9. The zero-order valence-electron chi connectivity index (χ0n) is 13.3. The first-order valence-electron chi connectivity index (χ1n) is 7.42. The van der Waals surface area contributed by atoms with E-state index < -0.39 is 28.7 Å². The molecule has 0 unspecified atom stereocenters. The molecule has 0 radical (unpaired) electrons. The van der Waals surface area contributed by atoms with Crippen LogP contribution in [0.25, 0.3) is 11.0 Å². The number of ether oxygens (including phenoxy) is 1. The highest BCUT2D eigenvalue weighted by molar-refractivity contribution is 7.99. The highest BCUT2D eigenvalue weighted by atomic mass is 32.2. The van der Waals surface area contributed by atoms with Gasteiger partial charge in [-0.05, 0) is 5.75 Å². The normalized spacial score (nSPS) is 24.2. The molecule has 0 saturated carbocycles. The second-order valence-electron chi connectivity index (χ2n) is 5.35. The van der Waals surface area contributed by atoms with Gasteiger partial charge < -0.3 is 15.6 Å². The van der Waals surface area contributed by atoms with E-state index in [0.717, 1.165) is 5.75 Å². The molecule has 0 spiro atoms. The third-order valence-electron chi connectivity index (χ3n) is 3.64. The first-order valence-corrected chi connectivity index (χ1v) is 9.88. The molecule has 11 nitrogen and oxygen atoms in total. The lowest BCUT2D eigenvalue weighted by molar-refractivity contribution is -0.0415. The quantitative estimate of drug-likeness (QED) is 0.541. The number of nitrogens with zero attached hydrogens (tertiary/aromatic N) is 4. The number of rotatable bonds is 6. The van der Waals surface area contributed by atoms with Gasteiger partial charge in [0.05, 0.1) is 18.1 Å². The molecule has 25 heavy (non-hydrogen) atoms. The number of thioether (sulfide) groups is 1. The largest absolute Gasteiger partial charge is 0.390 e. The molecule has 1 saturated heterocycles. The third kappa shape index (κ3) is 3.86. The van der Waals surface area contributed by atoms with Crippen molar-refractivity contribution in [2.45, 2.75) is 36.8 Å². The summed E-state index contributed by atoms with van der Waals surface area (Å²) in [5, 5.41) is 20.7. The van der Waals surface area contributed by atoms with E-state index in [2.05, 4.69) is 19.2 Å². The Morgan fingerprint density at radius 3 is 2.96 bits per heavy atom. The smallest absolute Gasteiger partial charge is 0.333 e. The van der Waals surface area contributed by atoms with Gasteiger partial charge in [-0.15, -0.1) is 11.8 Å². The van der Waals surface area contributed by atoms with Gasteiger partial charge in [0.15, 0.2) is 11.9 Å². The van der Waals surface area contributed by atoms with E-state index in [9.17, 15) is 13.5 Å². The van der Waals surface area contributed by atoms with E-state index in [-0.39, 0.29) is 13.0 Å². The first kappa shape index (κ1) is 18.3. The van der Waals surface area contributed by atoms with Gasteiger partial charge in [-0.2, -0.15) is 13.5 Å². The summed E-state index contributed by atoms with van der Waals surface area (Å²) < 4.78 is 33.5. The molecule has 0 aliphatic carbocycles. The number of aliphatic hydroxyl groups is 1. The maximum Gasteiger partial charge on any atom is 0.333 e. The van der Waals surface area contributed by atoms with Crippen molar-refractivity contribution in [3.05, 3.63) is 6.33 Å². The van der Waals surface area contributed by atoms with E-state index in [0.29, 0.717) is 21.9 Å². The Kier molecular flexibility index (Phi) is 5.13. The van der Waals surface area contributed by atoms with E-state index in [1.165, 1.54) is 22.8 Å². The molecular weight excluding hydrogens is 372 g/mol. The molecule has 138 valence electrons. The van der Waals surface area contributed by atoms with E-state index >= 15 is 0 Å². The highest BCUT2D eigenvalue weighted by Crippen LogP contribution is 2.35. The van der Waals surface area contributed by atoms with Crippen LogP contribution in [0.1, 0.15) is 19.6 Å². The molecule has 3 rings (SSSR count). The van der Waals surface area contributed by atoms with Gasteiger partial charge in [-0.25, -0.2) is 19.8 Å². The molecule has 0 amide bonds. The van der Waals surface area contributed by atoms with Gasteiger partial charge in [-0.3, -0.25) is 4.18 Å². The standard InChI is InChI=1S/C12H18N6O5S2/c1-2-24-12-9-10(13)15-5-16-11(9)18(17-12)8-3-6(19)7(23-8)4-22-25(14,20)21/h5-8,19H,2-4H2,1H3,(H2,13,15,16)(H2,14,20,21)/t6-,7-,8+/m0/s1. The number of anilines is 1. The molecular formula is C12H18N6O5S2. The number of aliphatic hydroxyl groups excluding tert-OH is 1. The Hall–Kier alpha value is -1.51. The van der Waals surface area contributed by atoms with Crippen molar-refractivity contribution in [1.29, 1.82) is 0 Å². The van der Waals surface area contributed by atoms with Crippen LogP contribution in [0.15, 0.2) is 11.4 Å². The van der Waals surface area contributed by atoms with Crippen molar-refractivity contribution in [2.75, 3.05) is 18.1 Å². The Morgan fingerprint density at radius 1 is 1.52 bits per heavy atom. The minimum Gasteiger partial charge on any atom is -0.390 e. The van der Waals surface area contributed by atoms with Gasteiger partial charge in [0, 0.05) is 6.42 Å². The molecule has 2 aromatic heterocycles. The zero-order chi connectivity index (χ0) is 18.2.